The summed E-state index contributed by atoms with van der Waals surface area (Å²) in [6.07, 6.45) is -0.534. The van der Waals surface area contributed by atoms with Crippen LogP contribution in [0.5, 0.6) is 5.75 Å². The van der Waals surface area contributed by atoms with Crippen LogP contribution in [0.1, 0.15) is 30.2 Å². The molecule has 3 nitrogen and oxygen atoms in total. The summed E-state index contributed by atoms with van der Waals surface area (Å²) in [5.41, 5.74) is 2.08. The second-order valence-corrected chi connectivity index (χ2v) is 5.89. The fourth-order valence-electron chi connectivity index (χ4n) is 2.10. The average Bonchev–Trinajstić information content (AvgIpc) is 2.53. The molecule has 0 aliphatic heterocycles. The molecule has 0 spiro atoms. The van der Waals surface area contributed by atoms with Gasteiger partial charge in [0, 0.05) is 17.1 Å². The first-order valence-corrected chi connectivity index (χ1v) is 7.70. The summed E-state index contributed by atoms with van der Waals surface area (Å²) in [5, 5.41) is 13.6. The number of hydrogen-bond acceptors (Lipinski definition) is 3. The van der Waals surface area contributed by atoms with Crippen molar-refractivity contribution in [3.63, 3.8) is 0 Å². The van der Waals surface area contributed by atoms with E-state index in [1.807, 2.05) is 36.4 Å². The van der Waals surface area contributed by atoms with E-state index in [0.717, 1.165) is 15.8 Å². The van der Waals surface area contributed by atoms with E-state index in [2.05, 4.69) is 40.3 Å². The van der Waals surface area contributed by atoms with Crippen molar-refractivity contribution in [2.24, 2.45) is 0 Å². The van der Waals surface area contributed by atoms with E-state index < -0.39 is 6.10 Å². The number of hydrogen-bond donors (Lipinski definition) is 2. The van der Waals surface area contributed by atoms with E-state index in [0.29, 0.717) is 6.54 Å². The molecule has 2 rings (SSSR count). The first kappa shape index (κ1) is 16.0. The fraction of sp³-hybridized carbons (Fsp3) is 0.294. The third-order valence-electron chi connectivity index (χ3n) is 3.49. The maximum absolute atomic E-state index is 10.2. The SMILES string of the molecule is COc1ccc(C(O)CN[C@@H](C)c2ccc(Br)cc2)cc1. The predicted octanol–water partition coefficient (Wildman–Crippen LogP) is 3.84. The normalized spacial score (nSPS) is 13.7. The quantitative estimate of drug-likeness (QED) is 0.832. The molecule has 0 amide bonds. The summed E-state index contributed by atoms with van der Waals surface area (Å²) >= 11 is 3.43. The molecule has 0 aromatic heterocycles. The number of rotatable bonds is 6. The van der Waals surface area contributed by atoms with Gasteiger partial charge in [-0.15, -0.1) is 0 Å². The van der Waals surface area contributed by atoms with E-state index in [1.54, 1.807) is 7.11 Å². The molecular weight excluding hydrogens is 330 g/mol. The Kier molecular flexibility index (Phi) is 5.79. The minimum absolute atomic E-state index is 0.186. The van der Waals surface area contributed by atoms with Gasteiger partial charge in [-0.2, -0.15) is 0 Å². The Labute approximate surface area is 134 Å². The van der Waals surface area contributed by atoms with Gasteiger partial charge in [-0.1, -0.05) is 40.2 Å². The van der Waals surface area contributed by atoms with Gasteiger partial charge in [0.1, 0.15) is 5.75 Å². The highest BCUT2D eigenvalue weighted by Crippen LogP contribution is 2.19. The van der Waals surface area contributed by atoms with Gasteiger partial charge in [0.05, 0.1) is 13.2 Å². The summed E-state index contributed by atoms with van der Waals surface area (Å²) in [4.78, 5) is 0. The van der Waals surface area contributed by atoms with Crippen LogP contribution in [0.4, 0.5) is 0 Å². The Hall–Kier alpha value is -1.36. The molecule has 0 saturated carbocycles. The van der Waals surface area contributed by atoms with Gasteiger partial charge in [0.15, 0.2) is 0 Å². The second kappa shape index (κ2) is 7.59. The van der Waals surface area contributed by atoms with E-state index >= 15 is 0 Å². The first-order chi connectivity index (χ1) is 10.1. The second-order valence-electron chi connectivity index (χ2n) is 4.97. The maximum Gasteiger partial charge on any atom is 0.118 e. The highest BCUT2D eigenvalue weighted by atomic mass is 79.9. The van der Waals surface area contributed by atoms with Gasteiger partial charge in [-0.25, -0.2) is 0 Å². The van der Waals surface area contributed by atoms with Gasteiger partial charge in [-0.05, 0) is 42.3 Å². The Morgan fingerprint density at radius 3 is 2.19 bits per heavy atom. The van der Waals surface area contributed by atoms with Gasteiger partial charge < -0.3 is 15.2 Å². The largest absolute Gasteiger partial charge is 0.497 e. The van der Waals surface area contributed by atoms with Crippen molar-refractivity contribution in [2.45, 2.75) is 19.1 Å². The lowest BCUT2D eigenvalue weighted by molar-refractivity contribution is 0.170. The molecule has 0 heterocycles. The van der Waals surface area contributed by atoms with Crippen LogP contribution in [0, 0.1) is 0 Å². The molecule has 2 N–H and O–H groups in total. The molecule has 2 aromatic rings. The number of methoxy groups -OCH3 is 1. The summed E-state index contributed by atoms with van der Waals surface area (Å²) in [6.45, 7) is 2.59. The van der Waals surface area contributed by atoms with Crippen molar-refractivity contribution in [1.29, 1.82) is 0 Å². The van der Waals surface area contributed by atoms with E-state index in [-0.39, 0.29) is 6.04 Å². The Bertz CT molecular complexity index is 554. The highest BCUT2D eigenvalue weighted by molar-refractivity contribution is 9.10. The lowest BCUT2D eigenvalue weighted by atomic mass is 10.1. The zero-order valence-corrected chi connectivity index (χ0v) is 13.8. The van der Waals surface area contributed by atoms with Crippen molar-refractivity contribution < 1.29 is 9.84 Å². The van der Waals surface area contributed by atoms with Crippen LogP contribution in [0.3, 0.4) is 0 Å². The summed E-state index contributed by atoms with van der Waals surface area (Å²) in [5.74, 6) is 0.794. The van der Waals surface area contributed by atoms with Crippen molar-refractivity contribution in [2.75, 3.05) is 13.7 Å². The van der Waals surface area contributed by atoms with Crippen LogP contribution in [-0.2, 0) is 0 Å². The molecule has 0 saturated heterocycles. The molecule has 0 aliphatic rings. The van der Waals surface area contributed by atoms with Crippen LogP contribution < -0.4 is 10.1 Å². The number of nitrogens with one attached hydrogen (secondary N) is 1. The molecule has 112 valence electrons. The maximum atomic E-state index is 10.2. The molecular formula is C17H20BrNO2. The van der Waals surface area contributed by atoms with Crippen LogP contribution in [0.15, 0.2) is 53.0 Å². The van der Waals surface area contributed by atoms with Crippen molar-refractivity contribution in [3.05, 3.63) is 64.1 Å². The lowest BCUT2D eigenvalue weighted by Crippen LogP contribution is -2.24. The van der Waals surface area contributed by atoms with Crippen LogP contribution in [0.2, 0.25) is 0 Å². The summed E-state index contributed by atoms with van der Waals surface area (Å²) in [6, 6.07) is 15.9. The predicted molar refractivity (Wildman–Crippen MR) is 88.5 cm³/mol. The molecule has 2 aromatic carbocycles. The van der Waals surface area contributed by atoms with E-state index in [1.165, 1.54) is 5.56 Å². The van der Waals surface area contributed by atoms with Crippen LogP contribution in [-0.4, -0.2) is 18.8 Å². The minimum Gasteiger partial charge on any atom is -0.497 e. The van der Waals surface area contributed by atoms with Crippen LogP contribution >= 0.6 is 15.9 Å². The lowest BCUT2D eigenvalue weighted by Gasteiger charge is -2.18. The fourth-order valence-corrected chi connectivity index (χ4v) is 2.37. The number of halogens is 1. The highest BCUT2D eigenvalue weighted by Gasteiger charge is 2.10. The zero-order valence-electron chi connectivity index (χ0n) is 12.2. The van der Waals surface area contributed by atoms with Gasteiger partial charge >= 0.3 is 0 Å². The minimum atomic E-state index is -0.534. The first-order valence-electron chi connectivity index (χ1n) is 6.91. The van der Waals surface area contributed by atoms with Gasteiger partial charge in [0.2, 0.25) is 0 Å². The van der Waals surface area contributed by atoms with E-state index in [9.17, 15) is 5.11 Å². The number of ether oxygens (including phenoxy) is 1. The Balaban J connectivity index is 1.90. The third kappa shape index (κ3) is 4.56. The third-order valence-corrected chi connectivity index (χ3v) is 4.02. The monoisotopic (exact) mass is 349 g/mol. The molecule has 21 heavy (non-hydrogen) atoms. The molecule has 0 fully saturated rings. The molecule has 2 atom stereocenters. The van der Waals surface area contributed by atoms with Crippen LogP contribution in [0.25, 0.3) is 0 Å². The molecule has 0 bridgehead atoms. The van der Waals surface area contributed by atoms with Crippen molar-refractivity contribution in [1.82, 2.24) is 5.32 Å². The smallest absolute Gasteiger partial charge is 0.118 e. The van der Waals surface area contributed by atoms with Gasteiger partial charge in [-0.3, -0.25) is 0 Å². The molecule has 0 radical (unpaired) electrons. The number of aliphatic hydroxyl groups is 1. The van der Waals surface area contributed by atoms with Crippen molar-refractivity contribution in [3.8, 4) is 5.75 Å². The zero-order chi connectivity index (χ0) is 15.2. The molecule has 1 unspecified atom stereocenters. The standard InChI is InChI=1S/C17H20BrNO2/c1-12(13-3-7-15(18)8-4-13)19-11-17(20)14-5-9-16(21-2)10-6-14/h3-10,12,17,19-20H,11H2,1-2H3/t12-,17?/m0/s1. The Morgan fingerprint density at radius 2 is 1.62 bits per heavy atom. The Morgan fingerprint density at radius 1 is 1.05 bits per heavy atom. The van der Waals surface area contributed by atoms with E-state index in [4.69, 9.17) is 4.74 Å². The number of aliphatic hydroxyl groups excluding tert-OH is 1. The van der Waals surface area contributed by atoms with Crippen molar-refractivity contribution >= 4 is 15.9 Å². The topological polar surface area (TPSA) is 41.5 Å². The molecule has 4 heteroatoms. The average molecular weight is 350 g/mol. The summed E-state index contributed by atoms with van der Waals surface area (Å²) in [7, 11) is 1.63. The van der Waals surface area contributed by atoms with Gasteiger partial charge in [0.25, 0.3) is 0 Å². The summed E-state index contributed by atoms with van der Waals surface area (Å²) < 4.78 is 6.18. The molecule has 0 aliphatic carbocycles. The number of benzene rings is 2.